The van der Waals surface area contributed by atoms with Gasteiger partial charge in [-0.15, -0.1) is 0 Å². The molecule has 1 aromatic heterocycles. The Balaban J connectivity index is 2.16. The third-order valence-electron chi connectivity index (χ3n) is 4.17. The van der Waals surface area contributed by atoms with E-state index in [0.717, 1.165) is 5.69 Å². The van der Waals surface area contributed by atoms with E-state index in [1.165, 1.54) is 18.2 Å². The smallest absolute Gasteiger partial charge is 0.297 e. The molecule has 2 aromatic carbocycles. The number of rotatable bonds is 3. The summed E-state index contributed by atoms with van der Waals surface area (Å²) in [5.74, 6) is 0.0184. The van der Waals surface area contributed by atoms with Gasteiger partial charge in [0.2, 0.25) is 0 Å². The summed E-state index contributed by atoms with van der Waals surface area (Å²) in [4.78, 5) is 17.3. The van der Waals surface area contributed by atoms with Gasteiger partial charge in [-0.25, -0.2) is 9.67 Å². The fourth-order valence-electron chi connectivity index (χ4n) is 2.72. The van der Waals surface area contributed by atoms with Gasteiger partial charge < -0.3 is 10.2 Å². The molecule has 0 saturated heterocycles. The molecule has 1 heterocycles. The van der Waals surface area contributed by atoms with Crippen molar-refractivity contribution < 1.29 is 10.2 Å². The van der Waals surface area contributed by atoms with Crippen molar-refractivity contribution >= 4 is 11.4 Å². The summed E-state index contributed by atoms with van der Waals surface area (Å²) in [5, 5.41) is 19.6. The Labute approximate surface area is 144 Å². The first-order valence-corrected chi connectivity index (χ1v) is 7.82. The van der Waals surface area contributed by atoms with Gasteiger partial charge in [0, 0.05) is 18.3 Å². The number of phenolic OH excluding ortho intramolecular Hbond substituents is 2. The van der Waals surface area contributed by atoms with Crippen molar-refractivity contribution in [2.75, 3.05) is 0 Å². The third kappa shape index (κ3) is 2.94. The molecule has 0 radical (unpaired) electrons. The van der Waals surface area contributed by atoms with Crippen molar-refractivity contribution in [2.24, 2.45) is 12.0 Å². The van der Waals surface area contributed by atoms with Gasteiger partial charge in [-0.05, 0) is 44.2 Å². The van der Waals surface area contributed by atoms with Crippen molar-refractivity contribution in [3.8, 4) is 17.2 Å². The summed E-state index contributed by atoms with van der Waals surface area (Å²) in [6.07, 6.45) is 0. The minimum absolute atomic E-state index is 0.00369. The zero-order valence-electron chi connectivity index (χ0n) is 14.3. The van der Waals surface area contributed by atoms with Gasteiger partial charge in [0.15, 0.2) is 5.69 Å². The summed E-state index contributed by atoms with van der Waals surface area (Å²) >= 11 is 0. The van der Waals surface area contributed by atoms with Gasteiger partial charge in [0.25, 0.3) is 5.56 Å². The van der Waals surface area contributed by atoms with E-state index in [-0.39, 0.29) is 17.1 Å². The van der Waals surface area contributed by atoms with Crippen molar-refractivity contribution in [3.05, 3.63) is 70.1 Å². The van der Waals surface area contributed by atoms with Crippen LogP contribution < -0.4 is 5.56 Å². The highest BCUT2D eigenvalue weighted by Crippen LogP contribution is 2.25. The summed E-state index contributed by atoms with van der Waals surface area (Å²) in [6.45, 7) is 3.50. The topological polar surface area (TPSA) is 79.8 Å². The van der Waals surface area contributed by atoms with Crippen molar-refractivity contribution in [2.45, 2.75) is 13.8 Å². The van der Waals surface area contributed by atoms with E-state index in [1.807, 2.05) is 37.3 Å². The molecule has 0 saturated carbocycles. The van der Waals surface area contributed by atoms with Crippen LogP contribution in [0.1, 0.15) is 18.2 Å². The Morgan fingerprint density at radius 1 is 1.08 bits per heavy atom. The van der Waals surface area contributed by atoms with Gasteiger partial charge in [-0.3, -0.25) is 9.48 Å². The molecular formula is C19H19N3O3. The van der Waals surface area contributed by atoms with Gasteiger partial charge in [-0.1, -0.05) is 18.2 Å². The van der Waals surface area contributed by atoms with Gasteiger partial charge >= 0.3 is 0 Å². The lowest BCUT2D eigenvalue weighted by molar-refractivity contribution is 0.459. The summed E-state index contributed by atoms with van der Waals surface area (Å²) in [5.41, 5.74) is 2.33. The minimum atomic E-state index is -0.245. The largest absolute Gasteiger partial charge is 0.508 e. The maximum atomic E-state index is 12.9. The van der Waals surface area contributed by atoms with E-state index in [9.17, 15) is 15.0 Å². The molecule has 0 bridgehead atoms. The SMILES string of the molecule is CC(=Nc1c(C)n(C)n(-c2ccccc2)c1=O)c1cc(O)ccc1O. The lowest BCUT2D eigenvalue weighted by Crippen LogP contribution is -2.19. The molecule has 0 aliphatic heterocycles. The maximum absolute atomic E-state index is 12.9. The van der Waals surface area contributed by atoms with Gasteiger partial charge in [0.1, 0.15) is 11.5 Å². The highest BCUT2D eigenvalue weighted by molar-refractivity contribution is 6.02. The molecule has 2 N–H and O–H groups in total. The second kappa shape index (κ2) is 6.32. The number of hydrogen-bond donors (Lipinski definition) is 2. The van der Waals surface area contributed by atoms with Crippen LogP contribution in [-0.4, -0.2) is 25.3 Å². The molecule has 0 atom stereocenters. The van der Waals surface area contributed by atoms with E-state index in [4.69, 9.17) is 0 Å². The predicted molar refractivity (Wildman–Crippen MR) is 97.4 cm³/mol. The minimum Gasteiger partial charge on any atom is -0.508 e. The van der Waals surface area contributed by atoms with Crippen molar-refractivity contribution in [1.29, 1.82) is 0 Å². The van der Waals surface area contributed by atoms with Crippen LogP contribution in [0.25, 0.3) is 5.69 Å². The number of nitrogens with zero attached hydrogens (tertiary/aromatic N) is 3. The summed E-state index contributed by atoms with van der Waals surface area (Å²) in [7, 11) is 1.80. The van der Waals surface area contributed by atoms with Crippen LogP contribution in [-0.2, 0) is 7.05 Å². The second-order valence-electron chi connectivity index (χ2n) is 5.81. The van der Waals surface area contributed by atoms with Crippen LogP contribution in [0.3, 0.4) is 0 Å². The molecule has 0 aliphatic carbocycles. The van der Waals surface area contributed by atoms with Crippen LogP contribution >= 0.6 is 0 Å². The van der Waals surface area contributed by atoms with E-state index in [1.54, 1.807) is 23.3 Å². The quantitative estimate of drug-likeness (QED) is 0.569. The average molecular weight is 337 g/mol. The molecule has 6 nitrogen and oxygen atoms in total. The number of aromatic nitrogens is 2. The molecule has 0 unspecified atom stereocenters. The first-order valence-electron chi connectivity index (χ1n) is 7.82. The van der Waals surface area contributed by atoms with E-state index in [0.29, 0.717) is 22.7 Å². The lowest BCUT2D eigenvalue weighted by Gasteiger charge is -2.07. The fraction of sp³-hybridized carbons (Fsp3) is 0.158. The molecule has 128 valence electrons. The van der Waals surface area contributed by atoms with Gasteiger partial charge in [-0.2, -0.15) is 0 Å². The van der Waals surface area contributed by atoms with Crippen molar-refractivity contribution in [3.63, 3.8) is 0 Å². The zero-order chi connectivity index (χ0) is 18.1. The Hall–Kier alpha value is -3.28. The number of benzene rings is 2. The Bertz CT molecular complexity index is 1010. The number of hydrogen-bond acceptors (Lipinski definition) is 4. The number of phenols is 2. The van der Waals surface area contributed by atoms with Crippen LogP contribution in [0.4, 0.5) is 5.69 Å². The number of aromatic hydroxyl groups is 2. The van der Waals surface area contributed by atoms with Crippen molar-refractivity contribution in [1.82, 2.24) is 9.36 Å². The molecule has 3 aromatic rings. The monoisotopic (exact) mass is 337 g/mol. The Morgan fingerprint density at radius 3 is 2.44 bits per heavy atom. The molecule has 25 heavy (non-hydrogen) atoms. The predicted octanol–water partition coefficient (Wildman–Crippen LogP) is 3.04. The maximum Gasteiger partial charge on any atom is 0.297 e. The number of para-hydroxylation sites is 1. The Morgan fingerprint density at radius 2 is 1.76 bits per heavy atom. The molecule has 0 aliphatic rings. The molecule has 3 rings (SSSR count). The van der Waals surface area contributed by atoms with Gasteiger partial charge in [0.05, 0.1) is 11.4 Å². The average Bonchev–Trinajstić information content (AvgIpc) is 2.81. The zero-order valence-corrected chi connectivity index (χ0v) is 14.3. The number of aliphatic imine (C=N–C) groups is 1. The molecular weight excluding hydrogens is 318 g/mol. The van der Waals surface area contributed by atoms with E-state index in [2.05, 4.69) is 4.99 Å². The normalized spacial score (nSPS) is 11.7. The van der Waals surface area contributed by atoms with Crippen LogP contribution in [0.15, 0.2) is 58.3 Å². The fourth-order valence-corrected chi connectivity index (χ4v) is 2.72. The first-order chi connectivity index (χ1) is 11.9. The van der Waals surface area contributed by atoms with Crippen LogP contribution in [0.5, 0.6) is 11.5 Å². The summed E-state index contributed by atoms with van der Waals surface area (Å²) in [6, 6.07) is 13.5. The highest BCUT2D eigenvalue weighted by Gasteiger charge is 2.16. The summed E-state index contributed by atoms with van der Waals surface area (Å²) < 4.78 is 3.29. The van der Waals surface area contributed by atoms with E-state index >= 15 is 0 Å². The molecule has 0 fully saturated rings. The second-order valence-corrected chi connectivity index (χ2v) is 5.81. The van der Waals surface area contributed by atoms with Crippen LogP contribution in [0.2, 0.25) is 0 Å². The molecule has 6 heteroatoms. The molecule has 0 spiro atoms. The lowest BCUT2D eigenvalue weighted by atomic mass is 10.1. The third-order valence-corrected chi connectivity index (χ3v) is 4.17. The van der Waals surface area contributed by atoms with Crippen LogP contribution in [0, 0.1) is 6.92 Å². The van der Waals surface area contributed by atoms with E-state index < -0.39 is 0 Å². The Kier molecular flexibility index (Phi) is 4.19. The standard InChI is InChI=1S/C19H19N3O3/c1-12(16-11-15(23)9-10-17(16)24)20-18-13(2)21(3)22(19(18)25)14-7-5-4-6-8-14/h4-11,23-24H,1-3H3. The molecule has 0 amide bonds. The highest BCUT2D eigenvalue weighted by atomic mass is 16.3. The first kappa shape index (κ1) is 16.6.